The van der Waals surface area contributed by atoms with Crippen LogP contribution < -0.4 is 10.5 Å². The Balaban J connectivity index is 1.90. The van der Waals surface area contributed by atoms with Crippen molar-refractivity contribution in [2.45, 2.75) is 11.3 Å². The van der Waals surface area contributed by atoms with E-state index in [1.807, 2.05) is 0 Å². The van der Waals surface area contributed by atoms with Gasteiger partial charge in [-0.25, -0.2) is 23.5 Å². The van der Waals surface area contributed by atoms with Crippen LogP contribution in [0.2, 0.25) is 5.02 Å². The summed E-state index contributed by atoms with van der Waals surface area (Å²) < 4.78 is 22.2. The van der Waals surface area contributed by atoms with Crippen LogP contribution in [0.1, 0.15) is 5.56 Å². The molecule has 2 aromatic rings. The Labute approximate surface area is 122 Å². The van der Waals surface area contributed by atoms with E-state index in [2.05, 4.69) is 15.3 Å². The molecule has 0 atom stereocenters. The van der Waals surface area contributed by atoms with E-state index >= 15 is 0 Å². The number of halogens is 1. The number of sulfonamides is 1. The summed E-state index contributed by atoms with van der Waals surface area (Å²) in [5.74, 6) is 0.496. The smallest absolute Gasteiger partial charge is 0.238 e. The Morgan fingerprint density at radius 1 is 1.15 bits per heavy atom. The highest BCUT2D eigenvalue weighted by molar-refractivity contribution is 7.89. The fourth-order valence-electron chi connectivity index (χ4n) is 1.57. The minimum absolute atomic E-state index is 0.107. The number of rotatable bonds is 5. The van der Waals surface area contributed by atoms with Crippen molar-refractivity contribution in [3.05, 3.63) is 47.2 Å². The lowest BCUT2D eigenvalue weighted by atomic mass is 10.1. The fourth-order valence-corrected chi connectivity index (χ4v) is 2.18. The summed E-state index contributed by atoms with van der Waals surface area (Å²) in [5, 5.41) is 8.55. The lowest BCUT2D eigenvalue weighted by Gasteiger charge is -2.05. The van der Waals surface area contributed by atoms with Crippen LogP contribution in [0.3, 0.4) is 0 Å². The monoisotopic (exact) mass is 312 g/mol. The predicted octanol–water partition coefficient (Wildman–Crippen LogP) is 1.43. The highest BCUT2D eigenvalue weighted by atomic mass is 35.5. The van der Waals surface area contributed by atoms with Crippen LogP contribution in [0.15, 0.2) is 41.6 Å². The standard InChI is InChI=1S/C12H13ClN4O2S/c13-10-7-16-12(17-8-10)15-6-5-9-1-3-11(4-2-9)20(14,18)19/h1-4,7-8H,5-6H2,(H2,14,18,19)(H,15,16,17). The molecule has 0 fully saturated rings. The minimum Gasteiger partial charge on any atom is -0.354 e. The van der Waals surface area contributed by atoms with Gasteiger partial charge in [-0.1, -0.05) is 23.7 Å². The van der Waals surface area contributed by atoms with Crippen LogP contribution >= 0.6 is 11.6 Å². The fraction of sp³-hybridized carbons (Fsp3) is 0.167. The molecule has 2 rings (SSSR count). The van der Waals surface area contributed by atoms with Crippen LogP contribution in [0.5, 0.6) is 0 Å². The first-order valence-electron chi connectivity index (χ1n) is 5.78. The molecule has 0 saturated heterocycles. The second-order valence-electron chi connectivity index (χ2n) is 4.09. The van der Waals surface area contributed by atoms with Crippen molar-refractivity contribution in [3.8, 4) is 0 Å². The molecule has 3 N–H and O–H groups in total. The summed E-state index contributed by atoms with van der Waals surface area (Å²) >= 11 is 5.68. The van der Waals surface area contributed by atoms with Crippen LogP contribution in [0.25, 0.3) is 0 Å². The van der Waals surface area contributed by atoms with Crippen molar-refractivity contribution in [1.29, 1.82) is 0 Å². The first-order chi connectivity index (χ1) is 9.45. The lowest BCUT2D eigenvalue weighted by molar-refractivity contribution is 0.598. The van der Waals surface area contributed by atoms with E-state index in [0.717, 1.165) is 5.56 Å². The molecule has 0 bridgehead atoms. The molecule has 20 heavy (non-hydrogen) atoms. The molecule has 8 heteroatoms. The average Bonchev–Trinajstić information content (AvgIpc) is 2.41. The zero-order valence-electron chi connectivity index (χ0n) is 10.5. The van der Waals surface area contributed by atoms with E-state index in [4.69, 9.17) is 16.7 Å². The van der Waals surface area contributed by atoms with Gasteiger partial charge in [0, 0.05) is 6.54 Å². The maximum Gasteiger partial charge on any atom is 0.238 e. The quantitative estimate of drug-likeness (QED) is 0.870. The molecule has 0 aliphatic carbocycles. The summed E-state index contributed by atoms with van der Waals surface area (Å²) in [6.07, 6.45) is 3.73. The molecular weight excluding hydrogens is 300 g/mol. The highest BCUT2D eigenvalue weighted by Gasteiger charge is 2.06. The SMILES string of the molecule is NS(=O)(=O)c1ccc(CCNc2ncc(Cl)cn2)cc1. The molecule has 1 aromatic heterocycles. The Bertz CT molecular complexity index is 672. The Hall–Kier alpha value is -1.70. The third-order valence-corrected chi connectivity index (χ3v) is 3.69. The lowest BCUT2D eigenvalue weighted by Crippen LogP contribution is -2.12. The Morgan fingerprint density at radius 2 is 1.75 bits per heavy atom. The van der Waals surface area contributed by atoms with Gasteiger partial charge in [-0.15, -0.1) is 0 Å². The number of hydrogen-bond donors (Lipinski definition) is 2. The van der Waals surface area contributed by atoms with E-state index in [9.17, 15) is 8.42 Å². The Kier molecular flexibility index (Phi) is 4.53. The number of primary sulfonamides is 1. The van der Waals surface area contributed by atoms with E-state index in [1.54, 1.807) is 12.1 Å². The van der Waals surface area contributed by atoms with Gasteiger partial charge >= 0.3 is 0 Å². The molecule has 0 amide bonds. The molecule has 1 heterocycles. The number of hydrogen-bond acceptors (Lipinski definition) is 5. The van der Waals surface area contributed by atoms with Crippen LogP contribution in [-0.2, 0) is 16.4 Å². The summed E-state index contributed by atoms with van der Waals surface area (Å²) in [6, 6.07) is 6.43. The van der Waals surface area contributed by atoms with Gasteiger partial charge in [0.25, 0.3) is 0 Å². The van der Waals surface area contributed by atoms with Crippen LogP contribution in [-0.4, -0.2) is 24.9 Å². The van der Waals surface area contributed by atoms with E-state index in [-0.39, 0.29) is 4.90 Å². The maximum absolute atomic E-state index is 11.1. The van der Waals surface area contributed by atoms with Crippen molar-refractivity contribution < 1.29 is 8.42 Å². The topological polar surface area (TPSA) is 98.0 Å². The first kappa shape index (κ1) is 14.7. The van der Waals surface area contributed by atoms with Crippen molar-refractivity contribution in [2.24, 2.45) is 5.14 Å². The number of nitrogens with one attached hydrogen (secondary N) is 1. The third kappa shape index (κ3) is 4.16. The largest absolute Gasteiger partial charge is 0.354 e. The van der Waals surface area contributed by atoms with Gasteiger partial charge < -0.3 is 5.32 Å². The van der Waals surface area contributed by atoms with E-state index < -0.39 is 10.0 Å². The number of nitrogens with two attached hydrogens (primary N) is 1. The third-order valence-electron chi connectivity index (χ3n) is 2.57. The van der Waals surface area contributed by atoms with Gasteiger partial charge in [-0.05, 0) is 24.1 Å². The van der Waals surface area contributed by atoms with Gasteiger partial charge in [0.2, 0.25) is 16.0 Å². The molecule has 0 saturated carbocycles. The minimum atomic E-state index is -3.64. The summed E-state index contributed by atoms with van der Waals surface area (Å²) in [7, 11) is -3.64. The highest BCUT2D eigenvalue weighted by Crippen LogP contribution is 2.10. The van der Waals surface area contributed by atoms with E-state index in [1.165, 1.54) is 24.5 Å². The van der Waals surface area contributed by atoms with Gasteiger partial charge in [0.1, 0.15) is 0 Å². The number of nitrogens with zero attached hydrogens (tertiary/aromatic N) is 2. The number of aromatic nitrogens is 2. The normalized spacial score (nSPS) is 11.3. The second-order valence-corrected chi connectivity index (χ2v) is 6.09. The zero-order valence-corrected chi connectivity index (χ0v) is 12.0. The van der Waals surface area contributed by atoms with Crippen molar-refractivity contribution in [2.75, 3.05) is 11.9 Å². The Morgan fingerprint density at radius 3 is 2.30 bits per heavy atom. The van der Waals surface area contributed by atoms with Gasteiger partial charge in [-0.3, -0.25) is 0 Å². The average molecular weight is 313 g/mol. The molecule has 0 unspecified atom stereocenters. The predicted molar refractivity (Wildman–Crippen MR) is 77.1 cm³/mol. The van der Waals surface area contributed by atoms with Gasteiger partial charge in [-0.2, -0.15) is 0 Å². The van der Waals surface area contributed by atoms with Crippen molar-refractivity contribution in [1.82, 2.24) is 9.97 Å². The molecule has 0 aliphatic heterocycles. The molecule has 1 aromatic carbocycles. The zero-order chi connectivity index (χ0) is 14.6. The van der Waals surface area contributed by atoms with Crippen LogP contribution in [0.4, 0.5) is 5.95 Å². The maximum atomic E-state index is 11.1. The summed E-state index contributed by atoms with van der Waals surface area (Å²) in [6.45, 7) is 0.621. The molecule has 0 spiro atoms. The van der Waals surface area contributed by atoms with Crippen molar-refractivity contribution in [3.63, 3.8) is 0 Å². The molecule has 0 aliphatic rings. The van der Waals surface area contributed by atoms with Gasteiger partial charge in [0.15, 0.2) is 0 Å². The summed E-state index contributed by atoms with van der Waals surface area (Å²) in [4.78, 5) is 8.12. The second kappa shape index (κ2) is 6.17. The van der Waals surface area contributed by atoms with Crippen molar-refractivity contribution >= 4 is 27.6 Å². The molecule has 6 nitrogen and oxygen atoms in total. The summed E-state index contributed by atoms with van der Waals surface area (Å²) in [5.41, 5.74) is 0.985. The van der Waals surface area contributed by atoms with Gasteiger partial charge in [0.05, 0.1) is 22.3 Å². The first-order valence-corrected chi connectivity index (χ1v) is 7.71. The molecular formula is C12H13ClN4O2S. The molecule has 0 radical (unpaired) electrons. The van der Waals surface area contributed by atoms with Crippen LogP contribution in [0, 0.1) is 0 Å². The molecule has 106 valence electrons. The number of benzene rings is 1. The number of anilines is 1. The van der Waals surface area contributed by atoms with E-state index in [0.29, 0.717) is 23.9 Å².